The third-order valence-corrected chi connectivity index (χ3v) is 1.56. The van der Waals surface area contributed by atoms with Crippen LogP contribution in [0.15, 0.2) is 18.2 Å². The molecule has 0 N–H and O–H groups in total. The molecule has 97 valence electrons. The van der Waals surface area contributed by atoms with E-state index in [9.17, 15) is 4.79 Å². The first-order valence-corrected chi connectivity index (χ1v) is 4.19. The molecule has 0 amide bonds. The molecule has 0 aromatic heterocycles. The van der Waals surface area contributed by atoms with Gasteiger partial charge < -0.3 is 9.69 Å². The van der Waals surface area contributed by atoms with Gasteiger partial charge in [-0.25, -0.2) is 0 Å². The summed E-state index contributed by atoms with van der Waals surface area (Å²) in [5, 5.41) is 0. The first-order chi connectivity index (χ1) is 8.24. The molecule has 18 heavy (non-hydrogen) atoms. The van der Waals surface area contributed by atoms with Gasteiger partial charge in [-0.3, -0.25) is 0 Å². The molecule has 0 fully saturated rings. The van der Waals surface area contributed by atoms with E-state index in [-0.39, 0.29) is 17.1 Å². The molecule has 6 heteroatoms. The van der Waals surface area contributed by atoms with Crippen molar-refractivity contribution in [1.29, 1.82) is 0 Å². The van der Waals surface area contributed by atoms with Crippen molar-refractivity contribution >= 4 is 6.29 Å². The fourth-order valence-corrected chi connectivity index (χ4v) is 1.07. The van der Waals surface area contributed by atoms with E-state index >= 15 is 0 Å². The van der Waals surface area contributed by atoms with Crippen molar-refractivity contribution in [2.75, 3.05) is 14.1 Å². The van der Waals surface area contributed by atoms with Gasteiger partial charge >= 0.3 is 33.9 Å². The molecular formula is C12H12MnNO4-. The number of carbonyl (C=O) groups excluding carboxylic acids is 1. The van der Waals surface area contributed by atoms with E-state index in [1.807, 2.05) is 37.2 Å². The number of carbonyl (C=O) groups is 1. The summed E-state index contributed by atoms with van der Waals surface area (Å²) < 4.78 is 22.5. The van der Waals surface area contributed by atoms with Crippen molar-refractivity contribution in [3.05, 3.63) is 49.3 Å². The van der Waals surface area contributed by atoms with E-state index in [1.54, 1.807) is 0 Å². The van der Waals surface area contributed by atoms with Gasteiger partial charge in [-0.1, -0.05) is 0 Å². The number of hydrogen-bond acceptors (Lipinski definition) is 2. The van der Waals surface area contributed by atoms with Gasteiger partial charge in [0.1, 0.15) is 0 Å². The predicted octanol–water partition coefficient (Wildman–Crippen LogP) is 1.16. The van der Waals surface area contributed by atoms with Gasteiger partial charge in [-0.15, -0.1) is 17.2 Å². The summed E-state index contributed by atoms with van der Waals surface area (Å²) in [6.07, 6.45) is 0.902. The zero-order valence-electron chi connectivity index (χ0n) is 9.97. The summed E-state index contributed by atoms with van der Waals surface area (Å²) in [5.74, 6) is 0. The SMILES string of the molecule is CN(C)C[c-]1cccc1C=O.[C-]#[O+].[C-]#[O+].[C-]#[O+].[Mn]. The number of aldehydes is 1. The third-order valence-electron chi connectivity index (χ3n) is 1.56. The minimum absolute atomic E-state index is 0. The summed E-state index contributed by atoms with van der Waals surface area (Å²) in [5.41, 5.74) is 1.91. The molecule has 0 unspecified atom stereocenters. The van der Waals surface area contributed by atoms with E-state index in [0.29, 0.717) is 0 Å². The summed E-state index contributed by atoms with van der Waals surface area (Å²) in [4.78, 5) is 12.5. The Labute approximate surface area is 117 Å². The monoisotopic (exact) mass is 289 g/mol. The minimum atomic E-state index is 0. The molecular weight excluding hydrogens is 277 g/mol. The Kier molecular flexibility index (Phi) is 29.9. The smallest absolute Gasteiger partial charge is 0 e. The third kappa shape index (κ3) is 12.8. The summed E-state index contributed by atoms with van der Waals surface area (Å²) >= 11 is 0. The van der Waals surface area contributed by atoms with Gasteiger partial charge in [0.2, 0.25) is 0 Å². The van der Waals surface area contributed by atoms with Crippen molar-refractivity contribution in [2.45, 2.75) is 6.54 Å². The van der Waals surface area contributed by atoms with Gasteiger partial charge in [-0.2, -0.15) is 12.1 Å². The van der Waals surface area contributed by atoms with Gasteiger partial charge in [0.25, 0.3) is 0 Å². The summed E-state index contributed by atoms with van der Waals surface area (Å²) in [7, 11) is 3.98. The average Bonchev–Trinajstić information content (AvgIpc) is 2.83. The van der Waals surface area contributed by atoms with E-state index < -0.39 is 0 Å². The molecule has 1 aromatic carbocycles. The first kappa shape index (κ1) is 25.5. The summed E-state index contributed by atoms with van der Waals surface area (Å²) in [6, 6.07) is 5.72. The quantitative estimate of drug-likeness (QED) is 0.362. The van der Waals surface area contributed by atoms with E-state index in [4.69, 9.17) is 14.0 Å². The summed E-state index contributed by atoms with van der Waals surface area (Å²) in [6.45, 7) is 14.3. The molecule has 1 radical (unpaired) electrons. The van der Waals surface area contributed by atoms with Gasteiger partial charge in [-0.05, 0) is 20.6 Å². The Morgan fingerprint density at radius 3 is 2.00 bits per heavy atom. The van der Waals surface area contributed by atoms with Crippen molar-refractivity contribution in [1.82, 2.24) is 4.90 Å². The molecule has 5 nitrogen and oxygen atoms in total. The van der Waals surface area contributed by atoms with E-state index in [0.717, 1.165) is 24.0 Å². The second-order valence-electron chi connectivity index (χ2n) is 2.86. The molecule has 0 saturated carbocycles. The standard InChI is InChI=1S/C9H12NO.3CO.Mn/c1-10(2)6-8-4-3-5-9(8)7-11;3*1-2;/h3-5,7H,6H2,1-2H3;;;;/q-1;;;;. The maximum absolute atomic E-state index is 10.5. The second kappa shape index (κ2) is 21.1. The maximum atomic E-state index is 10.5. The van der Waals surface area contributed by atoms with Crippen LogP contribution in [0.5, 0.6) is 0 Å². The zero-order chi connectivity index (χ0) is 14.3. The molecule has 0 aliphatic heterocycles. The van der Waals surface area contributed by atoms with Crippen LogP contribution in [0.4, 0.5) is 0 Å². The molecule has 0 atom stereocenters. The van der Waals surface area contributed by atoms with Crippen LogP contribution in [0.1, 0.15) is 15.9 Å². The first-order valence-electron chi connectivity index (χ1n) is 4.19. The molecule has 0 aliphatic carbocycles. The average molecular weight is 289 g/mol. The van der Waals surface area contributed by atoms with Crippen LogP contribution in [0, 0.1) is 20.0 Å². The fraction of sp³-hybridized carbons (Fsp3) is 0.250. The van der Waals surface area contributed by atoms with Crippen LogP contribution >= 0.6 is 0 Å². The Morgan fingerprint density at radius 1 is 1.22 bits per heavy atom. The van der Waals surface area contributed by atoms with Crippen LogP contribution in [-0.4, -0.2) is 25.3 Å². The minimum Gasteiger partial charge on any atom is 0 e. The van der Waals surface area contributed by atoms with Crippen LogP contribution in [0.2, 0.25) is 0 Å². The van der Waals surface area contributed by atoms with Crippen molar-refractivity contribution in [3.8, 4) is 0 Å². The normalized spacial score (nSPS) is 6.72. The Bertz CT molecular complexity index is 338. The van der Waals surface area contributed by atoms with Gasteiger partial charge in [0, 0.05) is 17.1 Å². The number of hydrogen-bond donors (Lipinski definition) is 0. The molecule has 0 heterocycles. The van der Waals surface area contributed by atoms with Crippen molar-refractivity contribution in [3.63, 3.8) is 0 Å². The fourth-order valence-electron chi connectivity index (χ4n) is 1.07. The van der Waals surface area contributed by atoms with Gasteiger partial charge in [0.15, 0.2) is 0 Å². The maximum Gasteiger partial charge on any atom is 0 e. The Morgan fingerprint density at radius 2 is 1.67 bits per heavy atom. The number of rotatable bonds is 3. The Balaban J connectivity index is -0.000000123. The largest absolute Gasteiger partial charge is 0 e. The molecule has 0 spiro atoms. The van der Waals surface area contributed by atoms with E-state index in [2.05, 4.69) is 20.0 Å². The number of nitrogens with zero attached hydrogens (tertiary/aromatic N) is 1. The van der Waals surface area contributed by atoms with E-state index in [1.165, 1.54) is 0 Å². The predicted molar refractivity (Wildman–Crippen MR) is 56.6 cm³/mol. The molecule has 1 aromatic rings. The van der Waals surface area contributed by atoms with Crippen molar-refractivity contribution < 1.29 is 35.8 Å². The molecule has 0 bridgehead atoms. The van der Waals surface area contributed by atoms with Crippen LogP contribution in [0.3, 0.4) is 0 Å². The Hall–Kier alpha value is -1.28. The van der Waals surface area contributed by atoms with Crippen LogP contribution in [-0.2, 0) is 37.6 Å². The molecule has 0 saturated heterocycles. The van der Waals surface area contributed by atoms with Crippen LogP contribution < -0.4 is 0 Å². The van der Waals surface area contributed by atoms with Gasteiger partial charge in [0.05, 0.1) is 6.29 Å². The topological polar surface area (TPSA) is 80.0 Å². The van der Waals surface area contributed by atoms with Crippen LogP contribution in [0.25, 0.3) is 0 Å². The molecule has 1 rings (SSSR count). The van der Waals surface area contributed by atoms with Crippen molar-refractivity contribution in [2.24, 2.45) is 0 Å². The molecule has 0 aliphatic rings. The second-order valence-corrected chi connectivity index (χ2v) is 2.86. The zero-order valence-corrected chi connectivity index (χ0v) is 11.2.